The van der Waals surface area contributed by atoms with Crippen LogP contribution >= 0.6 is 15.9 Å². The summed E-state index contributed by atoms with van der Waals surface area (Å²) in [6, 6.07) is 4.74. The first-order chi connectivity index (χ1) is 9.38. The Labute approximate surface area is 126 Å². The molecule has 0 aliphatic rings. The molecule has 3 N–H and O–H groups in total. The van der Waals surface area contributed by atoms with Crippen LogP contribution in [-0.4, -0.2) is 24.7 Å². The largest absolute Gasteiger partial charge is 0.398 e. The number of hydrogen-bond acceptors (Lipinski definition) is 4. The van der Waals surface area contributed by atoms with E-state index >= 15 is 0 Å². The Balaban J connectivity index is 2.06. The zero-order chi connectivity index (χ0) is 14.8. The third-order valence-electron chi connectivity index (χ3n) is 2.73. The minimum atomic E-state index is -3.61. The van der Waals surface area contributed by atoms with E-state index in [0.717, 1.165) is 5.56 Å². The highest BCUT2D eigenvalue weighted by Crippen LogP contribution is 2.22. The highest BCUT2D eigenvalue weighted by molar-refractivity contribution is 9.10. The smallest absolute Gasteiger partial charge is 0.242 e. The molecule has 2 aromatic rings. The van der Waals surface area contributed by atoms with Gasteiger partial charge in [-0.05, 0) is 30.2 Å². The average molecular weight is 359 g/mol. The van der Waals surface area contributed by atoms with Crippen LogP contribution in [0.25, 0.3) is 0 Å². The van der Waals surface area contributed by atoms with Crippen molar-refractivity contribution in [2.24, 2.45) is 7.05 Å². The lowest BCUT2D eigenvalue weighted by Crippen LogP contribution is -2.26. The molecule has 1 aromatic heterocycles. The fourth-order valence-corrected chi connectivity index (χ4v) is 3.45. The molecule has 1 heterocycles. The first kappa shape index (κ1) is 15.0. The van der Waals surface area contributed by atoms with Crippen molar-refractivity contribution in [1.29, 1.82) is 0 Å². The van der Waals surface area contributed by atoms with E-state index in [1.54, 1.807) is 23.0 Å². The molecule has 0 aliphatic heterocycles. The summed E-state index contributed by atoms with van der Waals surface area (Å²) in [4.78, 5) is 0.0815. The molecular formula is C12H15BrN4O2S. The molecule has 0 unspecified atom stereocenters. The zero-order valence-corrected chi connectivity index (χ0v) is 13.3. The van der Waals surface area contributed by atoms with E-state index in [2.05, 4.69) is 25.8 Å². The summed E-state index contributed by atoms with van der Waals surface area (Å²) in [6.45, 7) is 0.292. The number of aromatic nitrogens is 2. The SMILES string of the molecule is Cn1cc(CCNS(=O)(=O)c2cc(Br)ccc2N)cn1. The lowest BCUT2D eigenvalue weighted by atomic mass is 10.3. The Morgan fingerprint density at radius 2 is 2.20 bits per heavy atom. The first-order valence-electron chi connectivity index (χ1n) is 5.91. The average Bonchev–Trinajstić information content (AvgIpc) is 2.78. The number of benzene rings is 1. The minimum absolute atomic E-state index is 0.0815. The molecule has 8 heteroatoms. The molecular weight excluding hydrogens is 344 g/mol. The second kappa shape index (κ2) is 5.94. The van der Waals surface area contributed by atoms with Gasteiger partial charge in [-0.3, -0.25) is 4.68 Å². The van der Waals surface area contributed by atoms with Crippen molar-refractivity contribution in [2.75, 3.05) is 12.3 Å². The number of sulfonamides is 1. The molecule has 0 atom stereocenters. The zero-order valence-electron chi connectivity index (χ0n) is 10.9. The third-order valence-corrected chi connectivity index (χ3v) is 4.74. The molecule has 0 bridgehead atoms. The summed E-state index contributed by atoms with van der Waals surface area (Å²) in [5.74, 6) is 0. The molecule has 20 heavy (non-hydrogen) atoms. The van der Waals surface area contributed by atoms with Crippen molar-refractivity contribution in [2.45, 2.75) is 11.3 Å². The molecule has 6 nitrogen and oxygen atoms in total. The van der Waals surface area contributed by atoms with E-state index < -0.39 is 10.0 Å². The van der Waals surface area contributed by atoms with E-state index in [1.807, 2.05) is 13.2 Å². The van der Waals surface area contributed by atoms with E-state index in [1.165, 1.54) is 6.07 Å². The monoisotopic (exact) mass is 358 g/mol. The van der Waals surface area contributed by atoms with Crippen LogP contribution in [0.3, 0.4) is 0 Å². The highest BCUT2D eigenvalue weighted by atomic mass is 79.9. The fourth-order valence-electron chi connectivity index (χ4n) is 1.75. The molecule has 0 radical (unpaired) electrons. The lowest BCUT2D eigenvalue weighted by Gasteiger charge is -2.09. The van der Waals surface area contributed by atoms with Crippen molar-refractivity contribution < 1.29 is 8.42 Å². The standard InChI is InChI=1S/C12H15BrN4O2S/c1-17-8-9(7-15-17)4-5-16-20(18,19)12-6-10(13)2-3-11(12)14/h2-3,6-8,16H,4-5,14H2,1H3. The maximum Gasteiger partial charge on any atom is 0.242 e. The Kier molecular flexibility index (Phi) is 4.46. The van der Waals surface area contributed by atoms with Crippen molar-refractivity contribution in [3.63, 3.8) is 0 Å². The summed E-state index contributed by atoms with van der Waals surface area (Å²) >= 11 is 3.24. The van der Waals surface area contributed by atoms with Crippen LogP contribution in [-0.2, 0) is 23.5 Å². The number of nitrogens with zero attached hydrogens (tertiary/aromatic N) is 2. The summed E-state index contributed by atoms with van der Waals surface area (Å²) in [6.07, 6.45) is 4.13. The second-order valence-corrected chi connectivity index (χ2v) is 7.00. The predicted octanol–water partition coefficient (Wildman–Crippen LogP) is 1.29. The Morgan fingerprint density at radius 1 is 1.45 bits per heavy atom. The maximum atomic E-state index is 12.2. The number of halogens is 1. The van der Waals surface area contributed by atoms with Crippen LogP contribution in [0, 0.1) is 0 Å². The topological polar surface area (TPSA) is 90.0 Å². The van der Waals surface area contributed by atoms with Crippen molar-refractivity contribution in [1.82, 2.24) is 14.5 Å². The lowest BCUT2D eigenvalue weighted by molar-refractivity contribution is 0.582. The molecule has 0 spiro atoms. The second-order valence-electron chi connectivity index (χ2n) is 4.35. The number of nitrogen functional groups attached to an aromatic ring is 1. The summed E-state index contributed by atoms with van der Waals surface area (Å²) < 4.78 is 29.2. The summed E-state index contributed by atoms with van der Waals surface area (Å²) in [5, 5.41) is 4.03. The Hall–Kier alpha value is -1.38. The molecule has 0 amide bonds. The van der Waals surface area contributed by atoms with Gasteiger partial charge in [-0.15, -0.1) is 0 Å². The molecule has 0 aliphatic carbocycles. The predicted molar refractivity (Wildman–Crippen MR) is 80.7 cm³/mol. The van der Waals surface area contributed by atoms with Gasteiger partial charge in [0.15, 0.2) is 0 Å². The molecule has 0 saturated carbocycles. The quantitative estimate of drug-likeness (QED) is 0.787. The van der Waals surface area contributed by atoms with Crippen LogP contribution in [0.4, 0.5) is 5.69 Å². The molecule has 0 fully saturated rings. The van der Waals surface area contributed by atoms with Crippen LogP contribution in [0.15, 0.2) is 40.0 Å². The van der Waals surface area contributed by atoms with Crippen LogP contribution < -0.4 is 10.5 Å². The van der Waals surface area contributed by atoms with Crippen LogP contribution in [0.2, 0.25) is 0 Å². The summed E-state index contributed by atoms with van der Waals surface area (Å²) in [5.41, 5.74) is 6.90. The van der Waals surface area contributed by atoms with Crippen LogP contribution in [0.1, 0.15) is 5.56 Å². The first-order valence-corrected chi connectivity index (χ1v) is 8.18. The maximum absolute atomic E-state index is 12.2. The fraction of sp³-hybridized carbons (Fsp3) is 0.250. The van der Waals surface area contributed by atoms with E-state index in [9.17, 15) is 8.42 Å². The van der Waals surface area contributed by atoms with Gasteiger partial charge in [0.2, 0.25) is 10.0 Å². The highest BCUT2D eigenvalue weighted by Gasteiger charge is 2.17. The van der Waals surface area contributed by atoms with Crippen molar-refractivity contribution in [3.8, 4) is 0 Å². The van der Waals surface area contributed by atoms with Gasteiger partial charge in [0.25, 0.3) is 0 Å². The van der Waals surface area contributed by atoms with Crippen molar-refractivity contribution >= 4 is 31.6 Å². The summed E-state index contributed by atoms with van der Waals surface area (Å²) in [7, 11) is -1.79. The van der Waals surface area contributed by atoms with Gasteiger partial charge in [0.1, 0.15) is 4.90 Å². The number of anilines is 1. The Bertz CT molecular complexity index is 712. The van der Waals surface area contributed by atoms with Gasteiger partial charge in [-0.2, -0.15) is 5.10 Å². The van der Waals surface area contributed by atoms with E-state index in [0.29, 0.717) is 17.4 Å². The minimum Gasteiger partial charge on any atom is -0.398 e. The number of hydrogen-bond donors (Lipinski definition) is 2. The van der Waals surface area contributed by atoms with Gasteiger partial charge in [-0.25, -0.2) is 13.1 Å². The van der Waals surface area contributed by atoms with Crippen molar-refractivity contribution in [3.05, 3.63) is 40.6 Å². The normalized spacial score (nSPS) is 11.7. The number of nitrogens with one attached hydrogen (secondary N) is 1. The van der Waals surface area contributed by atoms with Gasteiger partial charge < -0.3 is 5.73 Å². The molecule has 108 valence electrons. The number of nitrogens with two attached hydrogens (primary N) is 1. The Morgan fingerprint density at radius 3 is 2.85 bits per heavy atom. The molecule has 1 aromatic carbocycles. The number of aryl methyl sites for hydroxylation is 1. The van der Waals surface area contributed by atoms with Gasteiger partial charge in [-0.1, -0.05) is 15.9 Å². The van der Waals surface area contributed by atoms with Gasteiger partial charge in [0, 0.05) is 24.3 Å². The van der Waals surface area contributed by atoms with Gasteiger partial charge >= 0.3 is 0 Å². The molecule has 0 saturated heterocycles. The number of rotatable bonds is 5. The third kappa shape index (κ3) is 3.59. The van der Waals surface area contributed by atoms with Gasteiger partial charge in [0.05, 0.1) is 11.9 Å². The van der Waals surface area contributed by atoms with E-state index in [-0.39, 0.29) is 10.6 Å². The van der Waals surface area contributed by atoms with E-state index in [4.69, 9.17) is 5.73 Å². The molecule has 2 rings (SSSR count). The van der Waals surface area contributed by atoms with Crippen LogP contribution in [0.5, 0.6) is 0 Å².